The van der Waals surface area contributed by atoms with Crippen LogP contribution in [0.3, 0.4) is 0 Å². The molecule has 1 spiro atoms. The standard InChI is InChI=1S/C21H24N4O4/c26-16-5-4-15(18(27)24-16)25-19(28)14-3-1-2-12(17(14)20(25)29)10-23-13-8-21(9-13)6-7-22-11-21/h1-3,13,15,22-23H,4-11H2,(H,24,26,27). The lowest BCUT2D eigenvalue weighted by molar-refractivity contribution is -0.136. The summed E-state index contributed by atoms with van der Waals surface area (Å²) in [6, 6.07) is 4.76. The molecular formula is C21H24N4O4. The van der Waals surface area contributed by atoms with Crippen molar-refractivity contribution < 1.29 is 19.2 Å². The SMILES string of the molecule is O=C1CCC(N2C(=O)c3cccc(CNC4CC5(CCNC5)C4)c3C2=O)C(=O)N1. The molecule has 3 N–H and O–H groups in total. The molecule has 2 saturated heterocycles. The van der Waals surface area contributed by atoms with Crippen molar-refractivity contribution in [2.75, 3.05) is 13.1 Å². The van der Waals surface area contributed by atoms with E-state index in [0.717, 1.165) is 36.4 Å². The Morgan fingerprint density at radius 1 is 1.14 bits per heavy atom. The van der Waals surface area contributed by atoms with Gasteiger partial charge in [0.25, 0.3) is 11.8 Å². The van der Waals surface area contributed by atoms with Crippen LogP contribution >= 0.6 is 0 Å². The van der Waals surface area contributed by atoms with Gasteiger partial charge in [0.1, 0.15) is 6.04 Å². The molecule has 1 atom stereocenters. The third kappa shape index (κ3) is 2.98. The predicted octanol–water partition coefficient (Wildman–Crippen LogP) is 0.320. The average Bonchev–Trinajstić information content (AvgIpc) is 3.25. The highest BCUT2D eigenvalue weighted by Crippen LogP contribution is 2.45. The van der Waals surface area contributed by atoms with Gasteiger partial charge in [-0.25, -0.2) is 0 Å². The Balaban J connectivity index is 1.31. The van der Waals surface area contributed by atoms with Crippen molar-refractivity contribution in [2.45, 2.75) is 50.7 Å². The highest BCUT2D eigenvalue weighted by atomic mass is 16.2. The van der Waals surface area contributed by atoms with E-state index >= 15 is 0 Å². The highest BCUT2D eigenvalue weighted by Gasteiger charge is 2.47. The molecule has 1 aliphatic carbocycles. The fourth-order valence-electron chi connectivity index (χ4n) is 5.26. The Labute approximate surface area is 168 Å². The highest BCUT2D eigenvalue weighted by molar-refractivity contribution is 6.24. The van der Waals surface area contributed by atoms with Crippen molar-refractivity contribution in [1.29, 1.82) is 0 Å². The zero-order valence-corrected chi connectivity index (χ0v) is 16.1. The maximum absolute atomic E-state index is 13.1. The molecule has 152 valence electrons. The third-order valence-electron chi connectivity index (χ3n) is 6.83. The van der Waals surface area contributed by atoms with Gasteiger partial charge in [0.05, 0.1) is 11.1 Å². The minimum absolute atomic E-state index is 0.122. The first-order chi connectivity index (χ1) is 14.0. The third-order valence-corrected chi connectivity index (χ3v) is 6.83. The number of fused-ring (bicyclic) bond motifs is 1. The van der Waals surface area contributed by atoms with E-state index in [1.165, 1.54) is 6.42 Å². The van der Waals surface area contributed by atoms with Crippen molar-refractivity contribution in [2.24, 2.45) is 5.41 Å². The van der Waals surface area contributed by atoms with Crippen LogP contribution in [0.5, 0.6) is 0 Å². The second-order valence-corrected chi connectivity index (χ2v) is 8.70. The van der Waals surface area contributed by atoms with Gasteiger partial charge in [0, 0.05) is 25.6 Å². The van der Waals surface area contributed by atoms with Gasteiger partial charge < -0.3 is 10.6 Å². The zero-order valence-electron chi connectivity index (χ0n) is 16.1. The number of carbonyl (C=O) groups is 4. The molecular weight excluding hydrogens is 372 g/mol. The molecule has 3 heterocycles. The Kier molecular flexibility index (Phi) is 4.29. The lowest BCUT2D eigenvalue weighted by atomic mass is 9.65. The molecule has 3 fully saturated rings. The Morgan fingerprint density at radius 3 is 2.69 bits per heavy atom. The smallest absolute Gasteiger partial charge is 0.262 e. The Morgan fingerprint density at radius 2 is 1.97 bits per heavy atom. The Bertz CT molecular complexity index is 913. The van der Waals surface area contributed by atoms with E-state index in [1.54, 1.807) is 12.1 Å². The molecule has 1 saturated carbocycles. The number of nitrogens with zero attached hydrogens (tertiary/aromatic N) is 1. The molecule has 4 aliphatic rings. The first-order valence-corrected chi connectivity index (χ1v) is 10.3. The topological polar surface area (TPSA) is 108 Å². The molecule has 5 rings (SSSR count). The molecule has 4 amide bonds. The van der Waals surface area contributed by atoms with Gasteiger partial charge in [-0.1, -0.05) is 12.1 Å². The normalized spacial score (nSPS) is 31.2. The summed E-state index contributed by atoms with van der Waals surface area (Å²) >= 11 is 0. The van der Waals surface area contributed by atoms with Gasteiger partial charge in [-0.15, -0.1) is 0 Å². The monoisotopic (exact) mass is 396 g/mol. The van der Waals surface area contributed by atoms with E-state index in [1.807, 2.05) is 6.07 Å². The van der Waals surface area contributed by atoms with Crippen molar-refractivity contribution in [3.05, 3.63) is 34.9 Å². The molecule has 0 aromatic heterocycles. The summed E-state index contributed by atoms with van der Waals surface area (Å²) in [5.41, 5.74) is 1.93. The van der Waals surface area contributed by atoms with E-state index in [0.29, 0.717) is 29.1 Å². The van der Waals surface area contributed by atoms with Crippen LogP contribution in [0, 0.1) is 5.41 Å². The van der Waals surface area contributed by atoms with Crippen LogP contribution in [0.1, 0.15) is 58.4 Å². The number of benzene rings is 1. The fourth-order valence-corrected chi connectivity index (χ4v) is 5.26. The zero-order chi connectivity index (χ0) is 20.2. The number of nitrogens with one attached hydrogen (secondary N) is 3. The van der Waals surface area contributed by atoms with Crippen LogP contribution in [0.2, 0.25) is 0 Å². The molecule has 1 aromatic carbocycles. The fraction of sp³-hybridized carbons (Fsp3) is 0.524. The van der Waals surface area contributed by atoms with Gasteiger partial charge in [0.15, 0.2) is 0 Å². The molecule has 8 heteroatoms. The summed E-state index contributed by atoms with van der Waals surface area (Å²) in [7, 11) is 0. The number of amides is 4. The lowest BCUT2D eigenvalue weighted by Gasteiger charge is -2.45. The number of imide groups is 2. The van der Waals surface area contributed by atoms with Crippen LogP contribution in [0.25, 0.3) is 0 Å². The number of carbonyl (C=O) groups excluding carboxylic acids is 4. The molecule has 1 aromatic rings. The number of rotatable bonds is 4. The number of piperidine rings is 1. The minimum atomic E-state index is -0.928. The summed E-state index contributed by atoms with van der Waals surface area (Å²) < 4.78 is 0. The van der Waals surface area contributed by atoms with Crippen LogP contribution in [-0.2, 0) is 16.1 Å². The molecule has 1 unspecified atom stereocenters. The quantitative estimate of drug-likeness (QED) is 0.633. The maximum Gasteiger partial charge on any atom is 0.262 e. The second-order valence-electron chi connectivity index (χ2n) is 8.70. The van der Waals surface area contributed by atoms with Crippen molar-refractivity contribution in [1.82, 2.24) is 20.9 Å². The average molecular weight is 396 g/mol. The molecule has 29 heavy (non-hydrogen) atoms. The van der Waals surface area contributed by atoms with Gasteiger partial charge in [-0.2, -0.15) is 0 Å². The lowest BCUT2D eigenvalue weighted by Crippen LogP contribution is -2.54. The largest absolute Gasteiger partial charge is 0.316 e. The molecule has 8 nitrogen and oxygen atoms in total. The summed E-state index contributed by atoms with van der Waals surface area (Å²) in [6.07, 6.45) is 3.77. The maximum atomic E-state index is 13.1. The van der Waals surface area contributed by atoms with Gasteiger partial charge in [-0.05, 0) is 49.3 Å². The van der Waals surface area contributed by atoms with Gasteiger partial charge >= 0.3 is 0 Å². The van der Waals surface area contributed by atoms with Gasteiger partial charge in [0.2, 0.25) is 11.8 Å². The van der Waals surface area contributed by atoms with Crippen LogP contribution in [0.4, 0.5) is 0 Å². The number of hydrogen-bond acceptors (Lipinski definition) is 6. The summed E-state index contributed by atoms with van der Waals surface area (Å²) in [5, 5.41) is 9.18. The van der Waals surface area contributed by atoms with E-state index in [2.05, 4.69) is 16.0 Å². The van der Waals surface area contributed by atoms with Crippen molar-refractivity contribution in [3.8, 4) is 0 Å². The summed E-state index contributed by atoms with van der Waals surface area (Å²) in [4.78, 5) is 50.6. The predicted molar refractivity (Wildman–Crippen MR) is 103 cm³/mol. The van der Waals surface area contributed by atoms with E-state index in [-0.39, 0.29) is 18.7 Å². The van der Waals surface area contributed by atoms with Crippen molar-refractivity contribution >= 4 is 23.6 Å². The van der Waals surface area contributed by atoms with E-state index < -0.39 is 23.8 Å². The molecule has 0 bridgehead atoms. The van der Waals surface area contributed by atoms with Crippen LogP contribution in [0.15, 0.2) is 18.2 Å². The van der Waals surface area contributed by atoms with Crippen molar-refractivity contribution in [3.63, 3.8) is 0 Å². The number of hydrogen-bond donors (Lipinski definition) is 3. The summed E-state index contributed by atoms with van der Waals surface area (Å²) in [6.45, 7) is 2.69. The molecule has 3 aliphatic heterocycles. The minimum Gasteiger partial charge on any atom is -0.316 e. The summed E-state index contributed by atoms with van der Waals surface area (Å²) in [5.74, 6) is -1.85. The Hall–Kier alpha value is -2.58. The van der Waals surface area contributed by atoms with E-state index in [9.17, 15) is 19.2 Å². The van der Waals surface area contributed by atoms with E-state index in [4.69, 9.17) is 0 Å². The van der Waals surface area contributed by atoms with Crippen LogP contribution < -0.4 is 16.0 Å². The first-order valence-electron chi connectivity index (χ1n) is 10.3. The second kappa shape index (κ2) is 6.74. The van der Waals surface area contributed by atoms with Crippen LogP contribution in [-0.4, -0.2) is 53.7 Å². The molecule has 0 radical (unpaired) electrons. The van der Waals surface area contributed by atoms with Gasteiger partial charge in [-0.3, -0.25) is 29.4 Å². The first kappa shape index (κ1) is 18.4.